The Labute approximate surface area is 126 Å². The highest BCUT2D eigenvalue weighted by Crippen LogP contribution is 2.28. The molecular formula is C15H26N4O2. The second-order valence-corrected chi connectivity index (χ2v) is 5.27. The lowest BCUT2D eigenvalue weighted by atomic mass is 10.2. The number of ether oxygens (including phenoxy) is 1. The lowest BCUT2D eigenvalue weighted by Gasteiger charge is -2.30. The zero-order valence-corrected chi connectivity index (χ0v) is 13.0. The Morgan fingerprint density at radius 2 is 2.14 bits per heavy atom. The van der Waals surface area contributed by atoms with E-state index in [0.717, 1.165) is 11.6 Å². The Kier molecular flexibility index (Phi) is 6.20. The first-order chi connectivity index (χ1) is 10.3. The number of anilines is 2. The third-order valence-electron chi connectivity index (χ3n) is 3.85. The van der Waals surface area contributed by atoms with Gasteiger partial charge in [-0.25, -0.2) is 9.97 Å². The zero-order valence-electron chi connectivity index (χ0n) is 13.0. The Balaban J connectivity index is 2.24. The summed E-state index contributed by atoms with van der Waals surface area (Å²) in [6, 6.07) is 2.42. The normalized spacial score (nSPS) is 15.4. The van der Waals surface area contributed by atoms with Crippen LogP contribution in [0.15, 0.2) is 6.07 Å². The maximum atomic E-state index is 9.37. The molecule has 0 unspecified atom stereocenters. The molecule has 6 heteroatoms. The van der Waals surface area contributed by atoms with Gasteiger partial charge < -0.3 is 20.1 Å². The van der Waals surface area contributed by atoms with Crippen molar-refractivity contribution in [3.8, 4) is 0 Å². The maximum Gasteiger partial charge on any atom is 0.158 e. The topological polar surface area (TPSA) is 70.5 Å². The van der Waals surface area contributed by atoms with Crippen molar-refractivity contribution in [1.82, 2.24) is 9.97 Å². The highest BCUT2D eigenvalue weighted by atomic mass is 16.5. The second-order valence-electron chi connectivity index (χ2n) is 5.27. The maximum absolute atomic E-state index is 9.37. The van der Waals surface area contributed by atoms with Crippen molar-refractivity contribution in [1.29, 1.82) is 0 Å². The first-order valence-corrected chi connectivity index (χ1v) is 7.79. The van der Waals surface area contributed by atoms with Gasteiger partial charge >= 0.3 is 0 Å². The molecule has 1 fully saturated rings. The van der Waals surface area contributed by atoms with Crippen molar-refractivity contribution in [2.45, 2.75) is 45.3 Å². The van der Waals surface area contributed by atoms with Gasteiger partial charge in [-0.1, -0.05) is 12.8 Å². The van der Waals surface area contributed by atoms with Crippen LogP contribution in [0.5, 0.6) is 0 Å². The molecule has 2 rings (SSSR count). The van der Waals surface area contributed by atoms with Crippen LogP contribution in [-0.4, -0.2) is 47.9 Å². The van der Waals surface area contributed by atoms with Crippen molar-refractivity contribution < 1.29 is 9.84 Å². The number of rotatable bonds is 8. The minimum Gasteiger partial charge on any atom is -0.395 e. The molecule has 0 bridgehead atoms. The lowest BCUT2D eigenvalue weighted by Crippen LogP contribution is -2.36. The molecule has 1 saturated carbocycles. The van der Waals surface area contributed by atoms with Gasteiger partial charge in [-0.05, 0) is 19.8 Å². The average Bonchev–Trinajstić information content (AvgIpc) is 3.04. The van der Waals surface area contributed by atoms with Gasteiger partial charge in [0.15, 0.2) is 5.82 Å². The molecule has 21 heavy (non-hydrogen) atoms. The number of nitrogens with one attached hydrogen (secondary N) is 1. The van der Waals surface area contributed by atoms with Crippen molar-refractivity contribution in [3.63, 3.8) is 0 Å². The van der Waals surface area contributed by atoms with Crippen LogP contribution in [0, 0.1) is 0 Å². The molecule has 1 aromatic heterocycles. The molecule has 1 aromatic rings. The molecular weight excluding hydrogens is 268 g/mol. The lowest BCUT2D eigenvalue weighted by molar-refractivity contribution is 0.128. The van der Waals surface area contributed by atoms with Gasteiger partial charge in [-0.3, -0.25) is 0 Å². The summed E-state index contributed by atoms with van der Waals surface area (Å²) in [6.07, 6.45) is 4.84. The molecule has 6 nitrogen and oxygen atoms in total. The molecule has 1 heterocycles. The molecule has 0 aromatic carbocycles. The van der Waals surface area contributed by atoms with Crippen LogP contribution in [0.3, 0.4) is 0 Å². The molecule has 0 aliphatic heterocycles. The van der Waals surface area contributed by atoms with Crippen molar-refractivity contribution in [2.75, 3.05) is 37.0 Å². The molecule has 2 N–H and O–H groups in total. The van der Waals surface area contributed by atoms with Gasteiger partial charge in [0.25, 0.3) is 0 Å². The predicted octanol–water partition coefficient (Wildman–Crippen LogP) is 1.80. The quantitative estimate of drug-likeness (QED) is 0.762. The van der Waals surface area contributed by atoms with E-state index in [1.54, 1.807) is 0 Å². The van der Waals surface area contributed by atoms with E-state index in [1.807, 2.05) is 20.0 Å². The van der Waals surface area contributed by atoms with E-state index in [0.29, 0.717) is 31.6 Å². The Morgan fingerprint density at radius 1 is 1.38 bits per heavy atom. The van der Waals surface area contributed by atoms with Crippen molar-refractivity contribution in [2.24, 2.45) is 0 Å². The molecule has 0 saturated heterocycles. The van der Waals surface area contributed by atoms with Crippen LogP contribution in [0.25, 0.3) is 0 Å². The summed E-state index contributed by atoms with van der Waals surface area (Å²) < 4.78 is 5.42. The Hall–Kier alpha value is -1.40. The fourth-order valence-electron chi connectivity index (χ4n) is 2.82. The highest BCUT2D eigenvalue weighted by Gasteiger charge is 2.24. The summed E-state index contributed by atoms with van der Waals surface area (Å²) in [5.41, 5.74) is 0. The van der Waals surface area contributed by atoms with Crippen molar-refractivity contribution in [3.05, 3.63) is 11.9 Å². The summed E-state index contributed by atoms with van der Waals surface area (Å²) in [7, 11) is 1.85. The minimum atomic E-state index is 0.135. The summed E-state index contributed by atoms with van der Waals surface area (Å²) in [5.74, 6) is 2.35. The van der Waals surface area contributed by atoms with Gasteiger partial charge in [0.2, 0.25) is 0 Å². The number of nitrogens with zero attached hydrogens (tertiary/aromatic N) is 3. The van der Waals surface area contributed by atoms with Crippen LogP contribution < -0.4 is 10.2 Å². The zero-order chi connectivity index (χ0) is 15.1. The number of aromatic nitrogens is 2. The van der Waals surface area contributed by atoms with Crippen LogP contribution >= 0.6 is 0 Å². The van der Waals surface area contributed by atoms with Gasteiger partial charge in [0, 0.05) is 32.3 Å². The molecule has 1 aliphatic rings. The number of hydrogen-bond acceptors (Lipinski definition) is 6. The van der Waals surface area contributed by atoms with E-state index in [1.165, 1.54) is 25.7 Å². The molecule has 0 spiro atoms. The Bertz CT molecular complexity index is 436. The smallest absolute Gasteiger partial charge is 0.158 e. The molecule has 0 radical (unpaired) electrons. The SMILES string of the molecule is CCOCc1nc(NC)cc(N(CCO)C2CCCC2)n1. The number of aliphatic hydroxyl groups excluding tert-OH is 1. The fourth-order valence-corrected chi connectivity index (χ4v) is 2.82. The monoisotopic (exact) mass is 294 g/mol. The van der Waals surface area contributed by atoms with E-state index < -0.39 is 0 Å². The highest BCUT2D eigenvalue weighted by molar-refractivity contribution is 5.50. The second kappa shape index (κ2) is 8.14. The minimum absolute atomic E-state index is 0.135. The van der Waals surface area contributed by atoms with Crippen LogP contribution in [-0.2, 0) is 11.3 Å². The van der Waals surface area contributed by atoms with Crippen LogP contribution in [0.2, 0.25) is 0 Å². The molecule has 1 aliphatic carbocycles. The summed E-state index contributed by atoms with van der Waals surface area (Å²) in [5, 5.41) is 12.4. The summed E-state index contributed by atoms with van der Waals surface area (Å²) in [4.78, 5) is 11.3. The fraction of sp³-hybridized carbons (Fsp3) is 0.733. The van der Waals surface area contributed by atoms with Gasteiger partial charge in [-0.15, -0.1) is 0 Å². The van der Waals surface area contributed by atoms with Crippen molar-refractivity contribution >= 4 is 11.6 Å². The Morgan fingerprint density at radius 3 is 2.76 bits per heavy atom. The van der Waals surface area contributed by atoms with E-state index in [-0.39, 0.29) is 6.61 Å². The largest absolute Gasteiger partial charge is 0.395 e. The van der Waals surface area contributed by atoms with Crippen LogP contribution in [0.4, 0.5) is 11.6 Å². The number of aliphatic hydroxyl groups is 1. The third kappa shape index (κ3) is 4.28. The molecule has 118 valence electrons. The van der Waals surface area contributed by atoms with E-state index in [2.05, 4.69) is 20.2 Å². The van der Waals surface area contributed by atoms with Crippen LogP contribution in [0.1, 0.15) is 38.4 Å². The van der Waals surface area contributed by atoms with E-state index in [4.69, 9.17) is 4.74 Å². The number of hydrogen-bond donors (Lipinski definition) is 2. The summed E-state index contributed by atoms with van der Waals surface area (Å²) in [6.45, 7) is 3.76. The molecule has 0 amide bonds. The van der Waals surface area contributed by atoms with E-state index in [9.17, 15) is 5.11 Å². The van der Waals surface area contributed by atoms with E-state index >= 15 is 0 Å². The first-order valence-electron chi connectivity index (χ1n) is 7.79. The standard InChI is InChI=1S/C15H26N4O2/c1-3-21-11-14-17-13(16-2)10-15(18-14)19(8-9-20)12-6-4-5-7-12/h10,12,20H,3-9,11H2,1-2H3,(H,16,17,18). The van der Waals surface area contributed by atoms with Gasteiger partial charge in [-0.2, -0.15) is 0 Å². The van der Waals surface area contributed by atoms with Gasteiger partial charge in [0.05, 0.1) is 6.61 Å². The third-order valence-corrected chi connectivity index (χ3v) is 3.85. The molecule has 0 atom stereocenters. The first kappa shape index (κ1) is 16.0. The van der Waals surface area contributed by atoms with Gasteiger partial charge in [0.1, 0.15) is 18.2 Å². The predicted molar refractivity (Wildman–Crippen MR) is 83.6 cm³/mol. The summed E-state index contributed by atoms with van der Waals surface area (Å²) >= 11 is 0. The average molecular weight is 294 g/mol.